The number of benzene rings is 1. The number of nitrogens with zero attached hydrogens (tertiary/aromatic N) is 1. The first-order valence-electron chi connectivity index (χ1n) is 8.15. The number of para-hydroxylation sites is 2. The first kappa shape index (κ1) is 20.2. The topological polar surface area (TPSA) is 119 Å². The molecule has 9 heteroatoms. The highest BCUT2D eigenvalue weighted by atomic mass is 32.2. The van der Waals surface area contributed by atoms with E-state index in [1.165, 1.54) is 0 Å². The first-order chi connectivity index (χ1) is 11.9. The van der Waals surface area contributed by atoms with Gasteiger partial charge in [0.05, 0.1) is 11.8 Å². The molecule has 26 heavy (non-hydrogen) atoms. The summed E-state index contributed by atoms with van der Waals surface area (Å²) in [6, 6.07) is 6.03. The fraction of sp³-hybridized carbons (Fsp3) is 0.529. The summed E-state index contributed by atoms with van der Waals surface area (Å²) in [7, 11) is -3.28. The van der Waals surface area contributed by atoms with Gasteiger partial charge in [-0.15, -0.1) is 0 Å². The first-order valence-corrected chi connectivity index (χ1v) is 10.2. The van der Waals surface area contributed by atoms with E-state index in [0.717, 1.165) is 6.26 Å². The Bertz CT molecular complexity index is 836. The quantitative estimate of drug-likeness (QED) is 0.783. The van der Waals surface area contributed by atoms with Gasteiger partial charge in [0.2, 0.25) is 5.89 Å². The average Bonchev–Trinajstić information content (AvgIpc) is 2.92. The molecule has 1 amide bonds. The zero-order valence-corrected chi connectivity index (χ0v) is 16.0. The van der Waals surface area contributed by atoms with Gasteiger partial charge in [0.25, 0.3) is 0 Å². The van der Waals surface area contributed by atoms with Crippen molar-refractivity contribution in [3.8, 4) is 0 Å². The van der Waals surface area contributed by atoms with Crippen LogP contribution in [0.3, 0.4) is 0 Å². The number of alkyl carbamates (subject to hydrolysis) is 1. The van der Waals surface area contributed by atoms with Gasteiger partial charge >= 0.3 is 6.09 Å². The highest BCUT2D eigenvalue weighted by Crippen LogP contribution is 2.24. The van der Waals surface area contributed by atoms with Gasteiger partial charge in [-0.2, -0.15) is 0 Å². The Morgan fingerprint density at radius 1 is 1.35 bits per heavy atom. The van der Waals surface area contributed by atoms with Crippen LogP contribution in [0.1, 0.15) is 39.2 Å². The van der Waals surface area contributed by atoms with Crippen LogP contribution >= 0.6 is 0 Å². The molecule has 2 atom stereocenters. The highest BCUT2D eigenvalue weighted by molar-refractivity contribution is 7.90. The number of ether oxygens (including phenoxy) is 1. The Balaban J connectivity index is 2.21. The maximum atomic E-state index is 12.1. The van der Waals surface area contributed by atoms with Gasteiger partial charge in [-0.3, -0.25) is 0 Å². The number of amides is 1. The molecule has 0 aliphatic rings. The molecular weight excluding hydrogens is 360 g/mol. The number of aliphatic hydroxyl groups excluding tert-OH is 1. The number of sulfone groups is 1. The molecule has 0 bridgehead atoms. The van der Waals surface area contributed by atoms with Crippen LogP contribution in [-0.2, 0) is 14.6 Å². The van der Waals surface area contributed by atoms with E-state index in [2.05, 4.69) is 10.3 Å². The number of carbonyl (C=O) groups is 1. The molecule has 0 saturated carbocycles. The van der Waals surface area contributed by atoms with E-state index in [9.17, 15) is 18.3 Å². The lowest BCUT2D eigenvalue weighted by molar-refractivity contribution is 0.0388. The van der Waals surface area contributed by atoms with Crippen LogP contribution in [0, 0.1) is 0 Å². The lowest BCUT2D eigenvalue weighted by Gasteiger charge is -2.25. The van der Waals surface area contributed by atoms with Crippen molar-refractivity contribution >= 4 is 27.0 Å². The molecule has 0 aliphatic carbocycles. The summed E-state index contributed by atoms with van der Waals surface area (Å²) in [6.07, 6.45) is -1.01. The van der Waals surface area contributed by atoms with Crippen molar-refractivity contribution in [3.63, 3.8) is 0 Å². The molecular formula is C17H24N2O6S. The fourth-order valence-electron chi connectivity index (χ4n) is 2.30. The van der Waals surface area contributed by atoms with E-state index < -0.39 is 33.7 Å². The SMILES string of the molecule is CC(C)(C)OC(=O)NC(CCS(C)(=O)=O)C(O)c1nc2ccccc2o1. The molecule has 0 saturated heterocycles. The predicted octanol–water partition coefficient (Wildman–Crippen LogP) is 2.19. The standard InChI is InChI=1S/C17H24N2O6S/c1-17(2,3)25-16(21)19-12(9-10-26(4,22)23)14(20)15-18-11-7-5-6-8-13(11)24-15/h5-8,12,14,20H,9-10H2,1-4H3,(H,19,21). The molecule has 1 aromatic carbocycles. The van der Waals surface area contributed by atoms with Crippen LogP contribution in [-0.4, -0.2) is 48.3 Å². The third-order valence-electron chi connectivity index (χ3n) is 3.45. The Morgan fingerprint density at radius 3 is 2.58 bits per heavy atom. The molecule has 8 nitrogen and oxygen atoms in total. The van der Waals surface area contributed by atoms with Crippen molar-refractivity contribution in [1.29, 1.82) is 0 Å². The van der Waals surface area contributed by atoms with Crippen molar-refractivity contribution in [1.82, 2.24) is 10.3 Å². The summed E-state index contributed by atoms with van der Waals surface area (Å²) in [5, 5.41) is 13.1. The monoisotopic (exact) mass is 384 g/mol. The summed E-state index contributed by atoms with van der Waals surface area (Å²) < 4.78 is 33.7. The lowest BCUT2D eigenvalue weighted by atomic mass is 10.1. The zero-order valence-electron chi connectivity index (χ0n) is 15.2. The van der Waals surface area contributed by atoms with Gasteiger partial charge in [-0.05, 0) is 39.3 Å². The third kappa shape index (κ3) is 5.99. The highest BCUT2D eigenvalue weighted by Gasteiger charge is 2.29. The normalized spacial score (nSPS) is 14.8. The van der Waals surface area contributed by atoms with Gasteiger partial charge < -0.3 is 19.6 Å². The summed E-state index contributed by atoms with van der Waals surface area (Å²) in [4.78, 5) is 16.3. The predicted molar refractivity (Wildman–Crippen MR) is 96.5 cm³/mol. The molecule has 144 valence electrons. The number of nitrogens with one attached hydrogen (secondary N) is 1. The Labute approximate surface area is 152 Å². The smallest absolute Gasteiger partial charge is 0.407 e. The lowest BCUT2D eigenvalue weighted by Crippen LogP contribution is -2.43. The number of carbonyl (C=O) groups excluding carboxylic acids is 1. The van der Waals surface area contributed by atoms with Crippen LogP contribution < -0.4 is 5.32 Å². The summed E-state index contributed by atoms with van der Waals surface area (Å²) in [5.74, 6) is -0.217. The molecule has 2 N–H and O–H groups in total. The Kier molecular flexibility index (Phi) is 5.92. The van der Waals surface area contributed by atoms with E-state index in [4.69, 9.17) is 9.15 Å². The molecule has 1 heterocycles. The van der Waals surface area contributed by atoms with Crippen LogP contribution in [0.4, 0.5) is 4.79 Å². The molecule has 0 aliphatic heterocycles. The molecule has 0 spiro atoms. The summed E-state index contributed by atoms with van der Waals surface area (Å²) in [6.45, 7) is 5.11. The van der Waals surface area contributed by atoms with Crippen molar-refractivity contribution in [2.75, 3.05) is 12.0 Å². The molecule has 0 radical (unpaired) electrons. The molecule has 2 unspecified atom stereocenters. The largest absolute Gasteiger partial charge is 0.444 e. The number of rotatable bonds is 6. The number of hydrogen-bond acceptors (Lipinski definition) is 7. The number of oxazole rings is 1. The van der Waals surface area contributed by atoms with Crippen LogP contribution in [0.2, 0.25) is 0 Å². The van der Waals surface area contributed by atoms with Crippen molar-refractivity contribution in [2.24, 2.45) is 0 Å². The summed E-state index contributed by atoms with van der Waals surface area (Å²) >= 11 is 0. The van der Waals surface area contributed by atoms with E-state index in [-0.39, 0.29) is 18.1 Å². The maximum Gasteiger partial charge on any atom is 0.407 e. The van der Waals surface area contributed by atoms with Crippen molar-refractivity contribution in [2.45, 2.75) is 44.9 Å². The second-order valence-electron chi connectivity index (χ2n) is 7.14. The van der Waals surface area contributed by atoms with Gasteiger partial charge in [0.1, 0.15) is 21.0 Å². The second-order valence-corrected chi connectivity index (χ2v) is 9.40. The van der Waals surface area contributed by atoms with Crippen molar-refractivity contribution < 1.29 is 27.5 Å². The minimum atomic E-state index is -3.28. The van der Waals surface area contributed by atoms with Gasteiger partial charge in [0.15, 0.2) is 11.7 Å². The Hall–Kier alpha value is -2.13. The van der Waals surface area contributed by atoms with Crippen LogP contribution in [0.15, 0.2) is 28.7 Å². The van der Waals surface area contributed by atoms with E-state index in [1.54, 1.807) is 45.0 Å². The number of hydrogen-bond donors (Lipinski definition) is 2. The van der Waals surface area contributed by atoms with E-state index in [0.29, 0.717) is 11.1 Å². The molecule has 2 rings (SSSR count). The van der Waals surface area contributed by atoms with E-state index in [1.807, 2.05) is 0 Å². The van der Waals surface area contributed by atoms with Gasteiger partial charge in [-0.1, -0.05) is 12.1 Å². The van der Waals surface area contributed by atoms with Crippen molar-refractivity contribution in [3.05, 3.63) is 30.2 Å². The number of aromatic nitrogens is 1. The van der Waals surface area contributed by atoms with Crippen LogP contribution in [0.5, 0.6) is 0 Å². The van der Waals surface area contributed by atoms with E-state index >= 15 is 0 Å². The Morgan fingerprint density at radius 2 is 2.00 bits per heavy atom. The maximum absolute atomic E-state index is 12.1. The second kappa shape index (κ2) is 7.63. The van der Waals surface area contributed by atoms with Crippen LogP contribution in [0.25, 0.3) is 11.1 Å². The van der Waals surface area contributed by atoms with Gasteiger partial charge in [-0.25, -0.2) is 18.2 Å². The third-order valence-corrected chi connectivity index (χ3v) is 4.42. The minimum Gasteiger partial charge on any atom is -0.444 e. The molecule has 0 fully saturated rings. The summed E-state index contributed by atoms with van der Waals surface area (Å²) in [5.41, 5.74) is 0.315. The fourth-order valence-corrected chi connectivity index (χ4v) is 2.98. The minimum absolute atomic E-state index is 0.000703. The molecule has 2 aromatic rings. The zero-order chi connectivity index (χ0) is 19.5. The average molecular weight is 384 g/mol. The number of fused-ring (bicyclic) bond motifs is 1. The molecule has 1 aromatic heterocycles. The van der Waals surface area contributed by atoms with Gasteiger partial charge in [0, 0.05) is 6.26 Å². The number of aliphatic hydroxyl groups is 1.